The Bertz CT molecular complexity index is 273. The Hall–Kier alpha value is -0.610. The molecule has 1 heterocycles. The monoisotopic (exact) mass is 269 g/mol. The van der Waals surface area contributed by atoms with Gasteiger partial charge in [0.1, 0.15) is 0 Å². The Morgan fingerprint density at radius 1 is 1.11 bits per heavy atom. The van der Waals surface area contributed by atoms with Crippen LogP contribution in [-0.2, 0) is 4.79 Å². The van der Waals surface area contributed by atoms with E-state index >= 15 is 0 Å². The van der Waals surface area contributed by atoms with Crippen LogP contribution in [0.25, 0.3) is 0 Å². The first-order valence-electron chi connectivity index (χ1n) is 7.70. The molecule has 0 bridgehead atoms. The maximum Gasteiger partial charge on any atom is 0.228 e. The first kappa shape index (κ1) is 16.4. The smallest absolute Gasteiger partial charge is 0.228 e. The Kier molecular flexibility index (Phi) is 6.80. The van der Waals surface area contributed by atoms with Gasteiger partial charge in [-0.25, -0.2) is 0 Å². The van der Waals surface area contributed by atoms with Crippen LogP contribution < -0.4 is 5.32 Å². The third-order valence-corrected chi connectivity index (χ3v) is 4.29. The van der Waals surface area contributed by atoms with Gasteiger partial charge in [0.15, 0.2) is 0 Å². The molecular weight excluding hydrogens is 238 g/mol. The molecule has 0 aromatic rings. The molecule has 112 valence electrons. The SMILES string of the molecule is CCCN(CCN(C)C)C(=O)C1(CC)CCNCC1. The zero-order valence-corrected chi connectivity index (χ0v) is 13.2. The van der Waals surface area contributed by atoms with E-state index in [4.69, 9.17) is 0 Å². The predicted molar refractivity (Wildman–Crippen MR) is 80.3 cm³/mol. The predicted octanol–water partition coefficient (Wildman–Crippen LogP) is 1.57. The molecule has 0 atom stereocenters. The molecule has 1 amide bonds. The molecule has 19 heavy (non-hydrogen) atoms. The average Bonchev–Trinajstić information content (AvgIpc) is 2.43. The number of piperidine rings is 1. The van der Waals surface area contributed by atoms with Crippen LogP contribution in [0.15, 0.2) is 0 Å². The van der Waals surface area contributed by atoms with Crippen molar-refractivity contribution in [1.29, 1.82) is 0 Å². The number of hydrogen-bond acceptors (Lipinski definition) is 3. The minimum Gasteiger partial charge on any atom is -0.341 e. The van der Waals surface area contributed by atoms with Crippen molar-refractivity contribution in [2.24, 2.45) is 5.41 Å². The molecular formula is C15H31N3O. The van der Waals surface area contributed by atoms with E-state index in [-0.39, 0.29) is 5.41 Å². The van der Waals surface area contributed by atoms with E-state index < -0.39 is 0 Å². The summed E-state index contributed by atoms with van der Waals surface area (Å²) >= 11 is 0. The Morgan fingerprint density at radius 3 is 2.21 bits per heavy atom. The van der Waals surface area contributed by atoms with Gasteiger partial charge in [0.05, 0.1) is 5.41 Å². The summed E-state index contributed by atoms with van der Waals surface area (Å²) in [6.45, 7) is 8.97. The molecule has 0 aliphatic carbocycles. The van der Waals surface area contributed by atoms with Gasteiger partial charge in [-0.3, -0.25) is 4.79 Å². The van der Waals surface area contributed by atoms with Crippen molar-refractivity contribution < 1.29 is 4.79 Å². The molecule has 1 aliphatic heterocycles. The summed E-state index contributed by atoms with van der Waals surface area (Å²) in [6, 6.07) is 0. The number of hydrogen-bond donors (Lipinski definition) is 1. The van der Waals surface area contributed by atoms with Gasteiger partial charge in [0.2, 0.25) is 5.91 Å². The minimum absolute atomic E-state index is 0.104. The highest BCUT2D eigenvalue weighted by Crippen LogP contribution is 2.34. The fourth-order valence-corrected chi connectivity index (χ4v) is 2.86. The van der Waals surface area contributed by atoms with Gasteiger partial charge in [-0.15, -0.1) is 0 Å². The Labute approximate surface area is 118 Å². The van der Waals surface area contributed by atoms with Crippen molar-refractivity contribution in [3.63, 3.8) is 0 Å². The van der Waals surface area contributed by atoms with Gasteiger partial charge in [0, 0.05) is 19.6 Å². The van der Waals surface area contributed by atoms with E-state index in [1.54, 1.807) is 0 Å². The third kappa shape index (κ3) is 4.46. The van der Waals surface area contributed by atoms with Gasteiger partial charge < -0.3 is 15.1 Å². The lowest BCUT2D eigenvalue weighted by atomic mass is 9.75. The summed E-state index contributed by atoms with van der Waals surface area (Å²) in [6.07, 6.45) is 3.99. The van der Waals surface area contributed by atoms with E-state index in [9.17, 15) is 4.79 Å². The van der Waals surface area contributed by atoms with Gasteiger partial charge in [-0.2, -0.15) is 0 Å². The van der Waals surface area contributed by atoms with Gasteiger partial charge >= 0.3 is 0 Å². The van der Waals surface area contributed by atoms with Crippen LogP contribution in [0.2, 0.25) is 0 Å². The number of rotatable bonds is 7. The molecule has 1 saturated heterocycles. The molecule has 0 aromatic heterocycles. The van der Waals surface area contributed by atoms with Gasteiger partial charge in [0.25, 0.3) is 0 Å². The van der Waals surface area contributed by atoms with Crippen molar-refractivity contribution in [1.82, 2.24) is 15.1 Å². The molecule has 0 saturated carbocycles. The second kappa shape index (κ2) is 7.85. The number of carbonyl (C=O) groups is 1. The topological polar surface area (TPSA) is 35.6 Å². The van der Waals surface area contributed by atoms with Crippen molar-refractivity contribution in [2.45, 2.75) is 39.5 Å². The van der Waals surface area contributed by atoms with Crippen molar-refractivity contribution in [2.75, 3.05) is 46.8 Å². The molecule has 4 nitrogen and oxygen atoms in total. The molecule has 0 spiro atoms. The molecule has 0 aromatic carbocycles. The van der Waals surface area contributed by atoms with E-state index in [0.717, 1.165) is 58.4 Å². The highest BCUT2D eigenvalue weighted by atomic mass is 16.2. The number of carbonyl (C=O) groups excluding carboxylic acids is 1. The molecule has 1 N–H and O–H groups in total. The van der Waals surface area contributed by atoms with Gasteiger partial charge in [-0.05, 0) is 52.9 Å². The van der Waals surface area contributed by atoms with Crippen LogP contribution in [-0.4, -0.2) is 62.5 Å². The fourth-order valence-electron chi connectivity index (χ4n) is 2.86. The van der Waals surface area contributed by atoms with Crippen molar-refractivity contribution >= 4 is 5.91 Å². The lowest BCUT2D eigenvalue weighted by molar-refractivity contribution is -0.144. The van der Waals surface area contributed by atoms with Crippen LogP contribution in [0, 0.1) is 5.41 Å². The maximum atomic E-state index is 12.9. The highest BCUT2D eigenvalue weighted by Gasteiger charge is 2.40. The number of amides is 1. The standard InChI is InChI=1S/C15H31N3O/c1-5-11-18(13-12-17(3)4)14(19)15(6-2)7-9-16-10-8-15/h16H,5-13H2,1-4H3. The second-order valence-corrected chi connectivity index (χ2v) is 5.98. The largest absolute Gasteiger partial charge is 0.341 e. The van der Waals surface area contributed by atoms with E-state index in [2.05, 4.69) is 43.1 Å². The molecule has 4 heteroatoms. The van der Waals surface area contributed by atoms with Gasteiger partial charge in [-0.1, -0.05) is 13.8 Å². The molecule has 0 radical (unpaired) electrons. The molecule has 1 rings (SSSR count). The maximum absolute atomic E-state index is 12.9. The third-order valence-electron chi connectivity index (χ3n) is 4.29. The van der Waals surface area contributed by atoms with E-state index in [1.807, 2.05) is 0 Å². The number of likely N-dealkylation sites (N-methyl/N-ethyl adjacent to an activating group) is 1. The zero-order chi connectivity index (χ0) is 14.3. The summed E-state index contributed by atoms with van der Waals surface area (Å²) in [5, 5.41) is 3.37. The summed E-state index contributed by atoms with van der Waals surface area (Å²) in [5.41, 5.74) is -0.104. The highest BCUT2D eigenvalue weighted by molar-refractivity contribution is 5.83. The Balaban J connectivity index is 2.72. The first-order valence-corrected chi connectivity index (χ1v) is 7.70. The number of nitrogens with one attached hydrogen (secondary N) is 1. The zero-order valence-electron chi connectivity index (χ0n) is 13.2. The minimum atomic E-state index is -0.104. The van der Waals surface area contributed by atoms with Crippen LogP contribution in [0.4, 0.5) is 0 Å². The normalized spacial score (nSPS) is 18.6. The van der Waals surface area contributed by atoms with Crippen LogP contribution in [0.1, 0.15) is 39.5 Å². The summed E-state index contributed by atoms with van der Waals surface area (Å²) in [7, 11) is 4.13. The van der Waals surface area contributed by atoms with Crippen LogP contribution >= 0.6 is 0 Å². The average molecular weight is 269 g/mol. The van der Waals surface area contributed by atoms with Crippen molar-refractivity contribution in [3.05, 3.63) is 0 Å². The first-order chi connectivity index (χ1) is 9.05. The van der Waals surface area contributed by atoms with Crippen LogP contribution in [0.5, 0.6) is 0 Å². The molecule has 1 fully saturated rings. The van der Waals surface area contributed by atoms with E-state index in [0.29, 0.717) is 5.91 Å². The van der Waals surface area contributed by atoms with E-state index in [1.165, 1.54) is 0 Å². The summed E-state index contributed by atoms with van der Waals surface area (Å²) in [5.74, 6) is 0.389. The quantitative estimate of drug-likeness (QED) is 0.762. The summed E-state index contributed by atoms with van der Waals surface area (Å²) in [4.78, 5) is 17.2. The van der Waals surface area contributed by atoms with Crippen LogP contribution in [0.3, 0.4) is 0 Å². The lowest BCUT2D eigenvalue weighted by Gasteiger charge is -2.40. The summed E-state index contributed by atoms with van der Waals surface area (Å²) < 4.78 is 0. The lowest BCUT2D eigenvalue weighted by Crippen LogP contribution is -2.50. The molecule has 0 unspecified atom stereocenters. The second-order valence-electron chi connectivity index (χ2n) is 5.98. The number of nitrogens with zero attached hydrogens (tertiary/aromatic N) is 2. The molecule has 1 aliphatic rings. The fraction of sp³-hybridized carbons (Fsp3) is 0.933. The Morgan fingerprint density at radius 2 is 1.74 bits per heavy atom. The van der Waals surface area contributed by atoms with Crippen molar-refractivity contribution in [3.8, 4) is 0 Å².